The van der Waals surface area contributed by atoms with Gasteiger partial charge in [-0.25, -0.2) is 13.2 Å². The van der Waals surface area contributed by atoms with Crippen LogP contribution in [0.15, 0.2) is 42.5 Å². The van der Waals surface area contributed by atoms with Crippen LogP contribution < -0.4 is 9.62 Å². The summed E-state index contributed by atoms with van der Waals surface area (Å²) in [5.41, 5.74) is 3.26. The van der Waals surface area contributed by atoms with Crippen LogP contribution in [0.1, 0.15) is 34.3 Å². The Bertz CT molecular complexity index is 1000. The van der Waals surface area contributed by atoms with Gasteiger partial charge in [-0.1, -0.05) is 18.2 Å². The second-order valence-corrected chi connectivity index (χ2v) is 8.70. The predicted molar refractivity (Wildman–Crippen MR) is 114 cm³/mol. The van der Waals surface area contributed by atoms with Gasteiger partial charge in [-0.05, 0) is 55.7 Å². The fourth-order valence-electron chi connectivity index (χ4n) is 2.84. The summed E-state index contributed by atoms with van der Waals surface area (Å²) in [5.74, 6) is -0.853. The van der Waals surface area contributed by atoms with Gasteiger partial charge in [-0.15, -0.1) is 0 Å². The molecule has 29 heavy (non-hydrogen) atoms. The lowest BCUT2D eigenvalue weighted by atomic mass is 10.1. The van der Waals surface area contributed by atoms with Gasteiger partial charge in [0.2, 0.25) is 15.9 Å². The van der Waals surface area contributed by atoms with Crippen molar-refractivity contribution in [2.24, 2.45) is 0 Å². The number of methoxy groups -OCH3 is 1. The van der Waals surface area contributed by atoms with E-state index in [9.17, 15) is 18.0 Å². The summed E-state index contributed by atoms with van der Waals surface area (Å²) in [6.45, 7) is 4.05. The topological polar surface area (TPSA) is 92.8 Å². The van der Waals surface area contributed by atoms with E-state index < -0.39 is 16.0 Å². The van der Waals surface area contributed by atoms with Crippen molar-refractivity contribution in [3.8, 4) is 0 Å². The molecule has 0 spiro atoms. The monoisotopic (exact) mass is 418 g/mol. The number of esters is 1. The molecule has 8 heteroatoms. The highest BCUT2D eigenvalue weighted by atomic mass is 32.2. The minimum Gasteiger partial charge on any atom is -0.465 e. The molecule has 0 unspecified atom stereocenters. The highest BCUT2D eigenvalue weighted by molar-refractivity contribution is 7.92. The zero-order valence-corrected chi connectivity index (χ0v) is 17.9. The highest BCUT2D eigenvalue weighted by Gasteiger charge is 2.19. The van der Waals surface area contributed by atoms with Crippen molar-refractivity contribution < 1.29 is 22.7 Å². The molecule has 0 bridgehead atoms. The molecule has 0 saturated heterocycles. The van der Waals surface area contributed by atoms with Crippen molar-refractivity contribution in [2.45, 2.75) is 26.7 Å². The van der Waals surface area contributed by atoms with Gasteiger partial charge in [0.25, 0.3) is 0 Å². The van der Waals surface area contributed by atoms with E-state index >= 15 is 0 Å². The molecule has 0 aromatic heterocycles. The minimum atomic E-state index is -3.49. The van der Waals surface area contributed by atoms with Crippen molar-refractivity contribution in [1.82, 2.24) is 0 Å². The number of rotatable bonds is 8. The van der Waals surface area contributed by atoms with Gasteiger partial charge in [0.05, 0.1) is 30.3 Å². The molecule has 0 aliphatic rings. The third-order valence-corrected chi connectivity index (χ3v) is 5.74. The van der Waals surface area contributed by atoms with E-state index in [-0.39, 0.29) is 24.4 Å². The van der Waals surface area contributed by atoms with Crippen LogP contribution in [0.2, 0.25) is 0 Å². The molecule has 2 rings (SSSR count). The van der Waals surface area contributed by atoms with E-state index in [4.69, 9.17) is 4.74 Å². The van der Waals surface area contributed by atoms with Crippen LogP contribution in [-0.4, -0.2) is 40.2 Å². The number of carbonyl (C=O) groups is 2. The molecule has 1 amide bonds. The Morgan fingerprint density at radius 2 is 1.76 bits per heavy atom. The third kappa shape index (κ3) is 6.05. The number of anilines is 2. The fraction of sp³-hybridized carbons (Fsp3) is 0.333. The Kier molecular flexibility index (Phi) is 7.39. The van der Waals surface area contributed by atoms with E-state index in [2.05, 4.69) is 5.32 Å². The number of ether oxygens (including phenoxy) is 1. The maximum Gasteiger partial charge on any atom is 0.339 e. The van der Waals surface area contributed by atoms with Gasteiger partial charge in [0.1, 0.15) is 0 Å². The number of hydrogen-bond acceptors (Lipinski definition) is 5. The Labute approximate surface area is 171 Å². The molecule has 0 radical (unpaired) electrons. The first-order chi connectivity index (χ1) is 13.6. The van der Waals surface area contributed by atoms with Crippen LogP contribution in [0.4, 0.5) is 11.4 Å². The average molecular weight is 419 g/mol. The summed E-state index contributed by atoms with van der Waals surface area (Å²) in [4.78, 5) is 24.1. The number of nitrogens with one attached hydrogen (secondary N) is 1. The van der Waals surface area contributed by atoms with Crippen LogP contribution >= 0.6 is 0 Å². The van der Waals surface area contributed by atoms with Gasteiger partial charge in [0, 0.05) is 13.0 Å². The van der Waals surface area contributed by atoms with Gasteiger partial charge >= 0.3 is 5.97 Å². The van der Waals surface area contributed by atoms with Gasteiger partial charge in [-0.3, -0.25) is 9.10 Å². The zero-order chi connectivity index (χ0) is 21.6. The number of hydrogen-bond donors (Lipinski definition) is 1. The highest BCUT2D eigenvalue weighted by Crippen LogP contribution is 2.22. The van der Waals surface area contributed by atoms with Gasteiger partial charge < -0.3 is 10.1 Å². The normalized spacial score (nSPS) is 11.0. The smallest absolute Gasteiger partial charge is 0.339 e. The Morgan fingerprint density at radius 1 is 1.07 bits per heavy atom. The fourth-order valence-corrected chi connectivity index (χ4v) is 3.80. The molecule has 156 valence electrons. The van der Waals surface area contributed by atoms with Crippen molar-refractivity contribution >= 4 is 33.3 Å². The maximum atomic E-state index is 12.3. The molecule has 0 saturated carbocycles. The summed E-state index contributed by atoms with van der Waals surface area (Å²) in [7, 11) is -2.21. The molecule has 0 fully saturated rings. The quantitative estimate of drug-likeness (QED) is 0.664. The molecule has 2 aromatic carbocycles. The Morgan fingerprint density at radius 3 is 2.38 bits per heavy atom. The first-order valence-corrected chi connectivity index (χ1v) is 11.0. The molecule has 0 heterocycles. The first kappa shape index (κ1) is 22.4. The Balaban J connectivity index is 2.04. The lowest BCUT2D eigenvalue weighted by molar-refractivity contribution is -0.116. The Hall–Kier alpha value is -2.87. The molecule has 0 atom stereocenters. The molecule has 1 N–H and O–H groups in total. The number of para-hydroxylation sites is 1. The standard InChI is InChI=1S/C21H26N2O5S/c1-15-11-12-17(14-16(15)2)23(29(4,26)27)13-7-10-20(24)22-19-9-6-5-8-18(19)21(25)28-3/h5-6,8-9,11-12,14H,7,10,13H2,1-4H3,(H,22,24). The summed E-state index contributed by atoms with van der Waals surface area (Å²) in [5, 5.41) is 2.69. The number of nitrogens with zero attached hydrogens (tertiary/aromatic N) is 1. The SMILES string of the molecule is COC(=O)c1ccccc1NC(=O)CCCN(c1ccc(C)c(C)c1)S(C)(=O)=O. The van der Waals surface area contributed by atoms with Crippen molar-refractivity contribution in [3.05, 3.63) is 59.2 Å². The van der Waals surface area contributed by atoms with Crippen LogP contribution in [-0.2, 0) is 19.6 Å². The third-order valence-electron chi connectivity index (χ3n) is 4.55. The van der Waals surface area contributed by atoms with Crippen molar-refractivity contribution in [2.75, 3.05) is 29.5 Å². The summed E-state index contributed by atoms with van der Waals surface area (Å²) >= 11 is 0. The maximum absolute atomic E-state index is 12.3. The minimum absolute atomic E-state index is 0.104. The summed E-state index contributed by atoms with van der Waals surface area (Å²) in [6.07, 6.45) is 1.58. The van der Waals surface area contributed by atoms with E-state index in [1.54, 1.807) is 30.3 Å². The number of benzene rings is 2. The van der Waals surface area contributed by atoms with Crippen molar-refractivity contribution in [1.29, 1.82) is 0 Å². The molecule has 7 nitrogen and oxygen atoms in total. The van der Waals surface area contributed by atoms with Crippen LogP contribution in [0.3, 0.4) is 0 Å². The zero-order valence-electron chi connectivity index (χ0n) is 17.1. The number of sulfonamides is 1. The van der Waals surface area contributed by atoms with Gasteiger partial charge in [-0.2, -0.15) is 0 Å². The number of carbonyl (C=O) groups excluding carboxylic acids is 2. The van der Waals surface area contributed by atoms with Crippen LogP contribution in [0, 0.1) is 13.8 Å². The largest absolute Gasteiger partial charge is 0.465 e. The van der Waals surface area contributed by atoms with E-state index in [0.29, 0.717) is 17.8 Å². The van der Waals surface area contributed by atoms with E-state index in [1.165, 1.54) is 11.4 Å². The lowest BCUT2D eigenvalue weighted by Gasteiger charge is -2.23. The van der Waals surface area contributed by atoms with Crippen LogP contribution in [0.5, 0.6) is 0 Å². The second kappa shape index (κ2) is 9.56. The molecular weight excluding hydrogens is 392 g/mol. The second-order valence-electron chi connectivity index (χ2n) is 6.79. The summed E-state index contributed by atoms with van der Waals surface area (Å²) < 4.78 is 30.5. The molecular formula is C21H26N2O5S. The summed E-state index contributed by atoms with van der Waals surface area (Å²) in [6, 6.07) is 12.0. The van der Waals surface area contributed by atoms with Crippen molar-refractivity contribution in [3.63, 3.8) is 0 Å². The average Bonchev–Trinajstić information content (AvgIpc) is 2.66. The lowest BCUT2D eigenvalue weighted by Crippen LogP contribution is -2.31. The number of amides is 1. The van der Waals surface area contributed by atoms with E-state index in [1.807, 2.05) is 26.0 Å². The van der Waals surface area contributed by atoms with Crippen LogP contribution in [0.25, 0.3) is 0 Å². The molecule has 0 aliphatic heterocycles. The molecule has 2 aromatic rings. The van der Waals surface area contributed by atoms with E-state index in [0.717, 1.165) is 17.4 Å². The predicted octanol–water partition coefficient (Wildman–Crippen LogP) is 3.27. The molecule has 0 aliphatic carbocycles. The first-order valence-electron chi connectivity index (χ1n) is 9.15. The van der Waals surface area contributed by atoms with Gasteiger partial charge in [0.15, 0.2) is 0 Å². The number of aryl methyl sites for hydroxylation is 2.